The van der Waals surface area contributed by atoms with Gasteiger partial charge in [0.2, 0.25) is 5.91 Å². The number of piperazine rings is 1. The van der Waals surface area contributed by atoms with Crippen LogP contribution in [0.1, 0.15) is 18.4 Å². The van der Waals surface area contributed by atoms with E-state index in [1.807, 2.05) is 19.9 Å². The first-order chi connectivity index (χ1) is 12.4. The van der Waals surface area contributed by atoms with E-state index in [1.54, 1.807) is 0 Å². The number of hydrogen-bond acceptors (Lipinski definition) is 5. The zero-order chi connectivity index (χ0) is 18.7. The monoisotopic (exact) mass is 380 g/mol. The number of rotatable bonds is 5. The molecule has 6 nitrogen and oxygen atoms in total. The van der Waals surface area contributed by atoms with Crippen molar-refractivity contribution in [1.29, 1.82) is 0 Å². The highest BCUT2D eigenvalue weighted by atomic mass is 35.5. The summed E-state index contributed by atoms with van der Waals surface area (Å²) in [6, 6.07) is 5.82. The molecule has 3 rings (SSSR count). The van der Waals surface area contributed by atoms with Crippen molar-refractivity contribution >= 4 is 23.2 Å². The van der Waals surface area contributed by atoms with E-state index in [-0.39, 0.29) is 17.0 Å². The molecule has 1 aromatic carbocycles. The zero-order valence-electron chi connectivity index (χ0n) is 14.8. The molecule has 1 N–H and O–H groups in total. The van der Waals surface area contributed by atoms with Gasteiger partial charge in [0.25, 0.3) is 0 Å². The van der Waals surface area contributed by atoms with Crippen LogP contribution in [0.15, 0.2) is 28.8 Å². The predicted molar refractivity (Wildman–Crippen MR) is 97.6 cm³/mol. The van der Waals surface area contributed by atoms with Crippen molar-refractivity contribution < 1.29 is 13.7 Å². The molecule has 1 atom stereocenters. The molecule has 1 saturated heterocycles. The van der Waals surface area contributed by atoms with E-state index in [0.717, 1.165) is 44.2 Å². The molecule has 0 aliphatic carbocycles. The van der Waals surface area contributed by atoms with Crippen LogP contribution >= 0.6 is 11.6 Å². The van der Waals surface area contributed by atoms with Crippen LogP contribution in [0.3, 0.4) is 0 Å². The Bertz CT molecular complexity index is 774. The van der Waals surface area contributed by atoms with E-state index in [1.165, 1.54) is 18.2 Å². The minimum Gasteiger partial charge on any atom is -0.360 e. The number of aromatic nitrogens is 1. The smallest absolute Gasteiger partial charge is 0.241 e. The Hall–Kier alpha value is -1.96. The molecule has 1 unspecified atom stereocenters. The summed E-state index contributed by atoms with van der Waals surface area (Å²) in [6.07, 6.45) is 0. The molecular weight excluding hydrogens is 359 g/mol. The molecule has 2 heterocycles. The summed E-state index contributed by atoms with van der Waals surface area (Å²) in [7, 11) is 0. The van der Waals surface area contributed by atoms with E-state index in [4.69, 9.17) is 16.1 Å². The number of hydrogen-bond donors (Lipinski definition) is 1. The molecule has 1 amide bonds. The van der Waals surface area contributed by atoms with Crippen LogP contribution in [0.4, 0.5) is 10.1 Å². The maximum absolute atomic E-state index is 13.2. The topological polar surface area (TPSA) is 61.6 Å². The lowest BCUT2D eigenvalue weighted by atomic mass is 10.2. The summed E-state index contributed by atoms with van der Waals surface area (Å²) in [5.41, 5.74) is 1.37. The van der Waals surface area contributed by atoms with Gasteiger partial charge in [-0.15, -0.1) is 0 Å². The molecule has 8 heteroatoms. The summed E-state index contributed by atoms with van der Waals surface area (Å²) in [4.78, 5) is 16.9. The average molecular weight is 381 g/mol. The third-order valence-electron chi connectivity index (χ3n) is 4.58. The minimum absolute atomic E-state index is 0.00767. The largest absolute Gasteiger partial charge is 0.360 e. The molecule has 1 aliphatic heterocycles. The van der Waals surface area contributed by atoms with Crippen molar-refractivity contribution in [2.75, 3.05) is 31.5 Å². The van der Waals surface area contributed by atoms with Crippen molar-refractivity contribution in [3.8, 4) is 0 Å². The van der Waals surface area contributed by atoms with E-state index in [9.17, 15) is 9.18 Å². The van der Waals surface area contributed by atoms with Crippen molar-refractivity contribution in [2.24, 2.45) is 0 Å². The maximum atomic E-state index is 13.2. The number of benzene rings is 1. The number of aryl methyl sites for hydroxylation is 1. The lowest BCUT2D eigenvalue weighted by molar-refractivity contribution is -0.121. The van der Waals surface area contributed by atoms with E-state index < -0.39 is 5.82 Å². The first-order valence-corrected chi connectivity index (χ1v) is 8.94. The van der Waals surface area contributed by atoms with Gasteiger partial charge in [-0.2, -0.15) is 0 Å². The van der Waals surface area contributed by atoms with Crippen LogP contribution in [-0.2, 0) is 11.3 Å². The van der Waals surface area contributed by atoms with E-state index >= 15 is 0 Å². The third-order valence-corrected chi connectivity index (χ3v) is 4.87. The number of anilines is 1. The second-order valence-corrected chi connectivity index (χ2v) is 6.95. The molecule has 0 bridgehead atoms. The summed E-state index contributed by atoms with van der Waals surface area (Å²) < 4.78 is 18.5. The Balaban J connectivity index is 1.50. The second kappa shape index (κ2) is 8.16. The maximum Gasteiger partial charge on any atom is 0.241 e. The van der Waals surface area contributed by atoms with Gasteiger partial charge < -0.3 is 9.84 Å². The first kappa shape index (κ1) is 18.8. The standard InChI is InChI=1S/C18H22ClFN4O2/c1-12-9-15(26-22-12)11-23-5-7-24(8-6-23)13(2)18(25)21-14-3-4-17(20)16(19)10-14/h3-4,9-10,13H,5-8,11H2,1-2H3,(H,21,25). The van der Waals surface area contributed by atoms with Gasteiger partial charge in [0.05, 0.1) is 23.3 Å². The summed E-state index contributed by atoms with van der Waals surface area (Å²) in [5, 5.41) is 6.69. The molecule has 0 radical (unpaired) electrons. The van der Waals surface area contributed by atoms with Crippen molar-refractivity contribution in [2.45, 2.75) is 26.4 Å². The van der Waals surface area contributed by atoms with Gasteiger partial charge in [-0.05, 0) is 32.0 Å². The van der Waals surface area contributed by atoms with E-state index in [0.29, 0.717) is 5.69 Å². The van der Waals surface area contributed by atoms with Crippen LogP contribution < -0.4 is 5.32 Å². The van der Waals surface area contributed by atoms with Crippen LogP contribution in [-0.4, -0.2) is 53.1 Å². The van der Waals surface area contributed by atoms with E-state index in [2.05, 4.69) is 20.3 Å². The van der Waals surface area contributed by atoms with Gasteiger partial charge in [0, 0.05) is 37.9 Å². The fraction of sp³-hybridized carbons (Fsp3) is 0.444. The minimum atomic E-state index is -0.504. The predicted octanol–water partition coefficient (Wildman–Crippen LogP) is 2.92. The van der Waals surface area contributed by atoms with Gasteiger partial charge in [-0.25, -0.2) is 4.39 Å². The summed E-state index contributed by atoms with van der Waals surface area (Å²) >= 11 is 5.76. The second-order valence-electron chi connectivity index (χ2n) is 6.54. The molecule has 1 aliphatic rings. The quantitative estimate of drug-likeness (QED) is 0.864. The van der Waals surface area contributed by atoms with Gasteiger partial charge in [0.15, 0.2) is 5.76 Å². The third kappa shape index (κ3) is 4.60. The molecule has 1 aromatic heterocycles. The fourth-order valence-electron chi connectivity index (χ4n) is 3.01. The van der Waals surface area contributed by atoms with Gasteiger partial charge in [-0.3, -0.25) is 14.6 Å². The number of carbonyl (C=O) groups excluding carboxylic acids is 1. The molecule has 2 aromatic rings. The number of nitrogens with one attached hydrogen (secondary N) is 1. The average Bonchev–Trinajstić information content (AvgIpc) is 3.03. The Morgan fingerprint density at radius 2 is 2.08 bits per heavy atom. The van der Waals surface area contributed by atoms with Crippen LogP contribution in [0.2, 0.25) is 5.02 Å². The normalized spacial score (nSPS) is 17.2. The highest BCUT2D eigenvalue weighted by molar-refractivity contribution is 6.31. The summed E-state index contributed by atoms with van der Waals surface area (Å²) in [6.45, 7) is 7.76. The number of carbonyl (C=O) groups is 1. The SMILES string of the molecule is Cc1cc(CN2CCN(C(C)C(=O)Nc3ccc(F)c(Cl)c3)CC2)on1. The van der Waals surface area contributed by atoms with Crippen LogP contribution in [0.5, 0.6) is 0 Å². The van der Waals surface area contributed by atoms with Gasteiger partial charge >= 0.3 is 0 Å². The summed E-state index contributed by atoms with van der Waals surface area (Å²) in [5.74, 6) is 0.220. The van der Waals surface area contributed by atoms with Gasteiger partial charge in [-0.1, -0.05) is 16.8 Å². The highest BCUT2D eigenvalue weighted by Crippen LogP contribution is 2.20. The van der Waals surface area contributed by atoms with Crippen LogP contribution in [0, 0.1) is 12.7 Å². The molecular formula is C18H22ClFN4O2. The van der Waals surface area contributed by atoms with Crippen molar-refractivity contribution in [3.05, 3.63) is 46.6 Å². The molecule has 0 saturated carbocycles. The van der Waals surface area contributed by atoms with Crippen molar-refractivity contribution in [1.82, 2.24) is 15.0 Å². The zero-order valence-corrected chi connectivity index (χ0v) is 15.6. The molecule has 140 valence electrons. The Kier molecular flexibility index (Phi) is 5.90. The molecule has 0 spiro atoms. The molecule has 1 fully saturated rings. The Labute approximate surface area is 156 Å². The Morgan fingerprint density at radius 3 is 2.69 bits per heavy atom. The number of amides is 1. The Morgan fingerprint density at radius 1 is 1.35 bits per heavy atom. The lowest BCUT2D eigenvalue weighted by Gasteiger charge is -2.37. The fourth-order valence-corrected chi connectivity index (χ4v) is 3.19. The first-order valence-electron chi connectivity index (χ1n) is 8.57. The lowest BCUT2D eigenvalue weighted by Crippen LogP contribution is -2.52. The highest BCUT2D eigenvalue weighted by Gasteiger charge is 2.26. The molecule has 26 heavy (non-hydrogen) atoms. The number of nitrogens with zero attached hydrogens (tertiary/aromatic N) is 3. The number of halogens is 2. The van der Waals surface area contributed by atoms with Gasteiger partial charge in [0.1, 0.15) is 5.82 Å². The van der Waals surface area contributed by atoms with Crippen LogP contribution in [0.25, 0.3) is 0 Å². The van der Waals surface area contributed by atoms with Crippen molar-refractivity contribution in [3.63, 3.8) is 0 Å².